The van der Waals surface area contributed by atoms with Crippen molar-refractivity contribution in [3.05, 3.63) is 34.9 Å². The Bertz CT molecular complexity index is 248. The largest absolute Gasteiger partial charge is 0.0654 e. The first-order valence-corrected chi connectivity index (χ1v) is 4.72. The summed E-state index contributed by atoms with van der Waals surface area (Å²) in [6.07, 6.45) is 3.73. The van der Waals surface area contributed by atoms with Gasteiger partial charge in [0, 0.05) is 0 Å². The molecular weight excluding hydrogens is 144 g/mol. The number of aryl methyl sites for hydroxylation is 2. The molecule has 1 aromatic carbocycles. The number of benzene rings is 1. The fourth-order valence-corrected chi connectivity index (χ4v) is 1.35. The minimum atomic E-state index is 1.18. The van der Waals surface area contributed by atoms with Gasteiger partial charge in [-0.3, -0.25) is 0 Å². The van der Waals surface area contributed by atoms with Crippen molar-refractivity contribution in [1.82, 2.24) is 0 Å². The normalized spacial score (nSPS) is 10.2. The van der Waals surface area contributed by atoms with E-state index in [1.807, 2.05) is 6.07 Å². The minimum Gasteiger partial charge on any atom is -0.0654 e. The van der Waals surface area contributed by atoms with Gasteiger partial charge >= 0.3 is 0 Å². The summed E-state index contributed by atoms with van der Waals surface area (Å²) in [5.41, 5.74) is 4.21. The Balaban J connectivity index is 2.78. The number of rotatable bonds is 3. The van der Waals surface area contributed by atoms with Gasteiger partial charge < -0.3 is 0 Å². The lowest BCUT2D eigenvalue weighted by Gasteiger charge is -2.06. The van der Waals surface area contributed by atoms with Gasteiger partial charge in [0.25, 0.3) is 0 Å². The Kier molecular flexibility index (Phi) is 3.33. The third kappa shape index (κ3) is 2.10. The van der Waals surface area contributed by atoms with Gasteiger partial charge in [-0.05, 0) is 49.4 Å². The van der Waals surface area contributed by atoms with E-state index in [0.29, 0.717) is 0 Å². The van der Waals surface area contributed by atoms with Crippen LogP contribution in [-0.4, -0.2) is 0 Å². The Morgan fingerprint density at radius 1 is 1.33 bits per heavy atom. The quantitative estimate of drug-likeness (QED) is 0.637. The topological polar surface area (TPSA) is 0 Å². The summed E-state index contributed by atoms with van der Waals surface area (Å²) in [5, 5.41) is 0. The molecule has 1 rings (SSSR count). The summed E-state index contributed by atoms with van der Waals surface area (Å²) in [6.45, 7) is 6.58. The molecule has 0 fully saturated rings. The van der Waals surface area contributed by atoms with Crippen LogP contribution in [0.15, 0.2) is 12.1 Å². The summed E-state index contributed by atoms with van der Waals surface area (Å²) < 4.78 is 0. The third-order valence-corrected chi connectivity index (χ3v) is 2.42. The molecule has 1 aromatic rings. The van der Waals surface area contributed by atoms with Gasteiger partial charge in [-0.15, -0.1) is 0 Å². The van der Waals surface area contributed by atoms with Crippen LogP contribution in [0.2, 0.25) is 0 Å². The predicted molar refractivity (Wildman–Crippen MR) is 53.4 cm³/mol. The van der Waals surface area contributed by atoms with E-state index < -0.39 is 0 Å². The van der Waals surface area contributed by atoms with E-state index >= 15 is 0 Å². The molecule has 0 heterocycles. The second-order valence-electron chi connectivity index (χ2n) is 3.37. The van der Waals surface area contributed by atoms with E-state index in [9.17, 15) is 0 Å². The van der Waals surface area contributed by atoms with Crippen LogP contribution in [0.5, 0.6) is 0 Å². The molecule has 0 N–H and O–H groups in total. The maximum Gasteiger partial charge on any atom is -0.0146 e. The average molecular weight is 161 g/mol. The highest BCUT2D eigenvalue weighted by atomic mass is 14.0. The zero-order valence-electron chi connectivity index (χ0n) is 8.28. The molecule has 65 valence electrons. The van der Waals surface area contributed by atoms with Crippen LogP contribution in [0.3, 0.4) is 0 Å². The molecule has 0 aliphatic rings. The van der Waals surface area contributed by atoms with Gasteiger partial charge in [-0.1, -0.05) is 25.5 Å². The van der Waals surface area contributed by atoms with Crippen LogP contribution in [0.4, 0.5) is 0 Å². The lowest BCUT2D eigenvalue weighted by molar-refractivity contribution is 0.789. The van der Waals surface area contributed by atoms with Crippen LogP contribution in [0.1, 0.15) is 36.5 Å². The van der Waals surface area contributed by atoms with Crippen LogP contribution in [0, 0.1) is 19.9 Å². The van der Waals surface area contributed by atoms with Crippen LogP contribution in [-0.2, 0) is 6.42 Å². The molecule has 0 aliphatic carbocycles. The molecule has 0 spiro atoms. The Hall–Kier alpha value is -0.780. The van der Waals surface area contributed by atoms with Crippen molar-refractivity contribution in [2.75, 3.05) is 0 Å². The SMILES string of the molecule is CCCCc1[c]ccc(C)c1C. The first kappa shape index (κ1) is 9.31. The highest BCUT2D eigenvalue weighted by Crippen LogP contribution is 2.14. The van der Waals surface area contributed by atoms with E-state index in [1.54, 1.807) is 0 Å². The number of hydrogen-bond acceptors (Lipinski definition) is 0. The average Bonchev–Trinajstić information content (AvgIpc) is 2.08. The van der Waals surface area contributed by atoms with Crippen LogP contribution < -0.4 is 0 Å². The monoisotopic (exact) mass is 161 g/mol. The van der Waals surface area contributed by atoms with E-state index in [4.69, 9.17) is 0 Å². The van der Waals surface area contributed by atoms with Gasteiger partial charge in [0.1, 0.15) is 0 Å². The van der Waals surface area contributed by atoms with E-state index in [2.05, 4.69) is 32.9 Å². The molecule has 0 saturated carbocycles. The van der Waals surface area contributed by atoms with Crippen molar-refractivity contribution in [2.45, 2.75) is 40.0 Å². The molecule has 0 atom stereocenters. The van der Waals surface area contributed by atoms with Crippen molar-refractivity contribution < 1.29 is 0 Å². The zero-order chi connectivity index (χ0) is 8.97. The fourth-order valence-electron chi connectivity index (χ4n) is 1.35. The molecule has 0 saturated heterocycles. The number of unbranched alkanes of at least 4 members (excludes halogenated alkanes) is 1. The zero-order valence-corrected chi connectivity index (χ0v) is 8.28. The van der Waals surface area contributed by atoms with Gasteiger partial charge in [-0.25, -0.2) is 0 Å². The van der Waals surface area contributed by atoms with Gasteiger partial charge in [0.2, 0.25) is 0 Å². The van der Waals surface area contributed by atoms with Crippen LogP contribution >= 0.6 is 0 Å². The Morgan fingerprint density at radius 3 is 2.75 bits per heavy atom. The van der Waals surface area contributed by atoms with E-state index in [-0.39, 0.29) is 0 Å². The Labute approximate surface area is 75.6 Å². The van der Waals surface area contributed by atoms with Gasteiger partial charge in [-0.2, -0.15) is 0 Å². The summed E-state index contributed by atoms with van der Waals surface area (Å²) in [7, 11) is 0. The van der Waals surface area contributed by atoms with Crippen molar-refractivity contribution in [3.8, 4) is 0 Å². The van der Waals surface area contributed by atoms with Gasteiger partial charge in [0.05, 0.1) is 0 Å². The van der Waals surface area contributed by atoms with Crippen molar-refractivity contribution in [3.63, 3.8) is 0 Å². The smallest absolute Gasteiger partial charge is 0.0146 e. The number of hydrogen-bond donors (Lipinski definition) is 0. The van der Waals surface area contributed by atoms with Crippen molar-refractivity contribution in [1.29, 1.82) is 0 Å². The first-order valence-electron chi connectivity index (χ1n) is 4.72. The molecule has 0 heteroatoms. The van der Waals surface area contributed by atoms with E-state index in [1.165, 1.54) is 36.0 Å². The highest BCUT2D eigenvalue weighted by Gasteiger charge is 1.99. The molecule has 1 radical (unpaired) electrons. The second-order valence-corrected chi connectivity index (χ2v) is 3.37. The van der Waals surface area contributed by atoms with Crippen molar-refractivity contribution >= 4 is 0 Å². The second kappa shape index (κ2) is 4.30. The lowest BCUT2D eigenvalue weighted by atomic mass is 9.99. The first-order chi connectivity index (χ1) is 5.75. The molecule has 0 aromatic heterocycles. The molecular formula is C12H17. The standard InChI is InChI=1S/C12H17/c1-4-5-8-12-9-6-7-10(2)11(12)3/h6-7H,4-5,8H2,1-3H3. The molecule has 0 aliphatic heterocycles. The van der Waals surface area contributed by atoms with Gasteiger partial charge in [0.15, 0.2) is 0 Å². The summed E-state index contributed by atoms with van der Waals surface area (Å²) in [4.78, 5) is 0. The third-order valence-electron chi connectivity index (χ3n) is 2.42. The lowest BCUT2D eigenvalue weighted by Crippen LogP contribution is -1.91. The van der Waals surface area contributed by atoms with Crippen LogP contribution in [0.25, 0.3) is 0 Å². The highest BCUT2D eigenvalue weighted by molar-refractivity contribution is 5.32. The summed E-state index contributed by atoms with van der Waals surface area (Å²) in [5.74, 6) is 0. The minimum absolute atomic E-state index is 1.18. The van der Waals surface area contributed by atoms with E-state index in [0.717, 1.165) is 0 Å². The van der Waals surface area contributed by atoms with Crippen molar-refractivity contribution in [2.24, 2.45) is 0 Å². The maximum atomic E-state index is 3.31. The Morgan fingerprint density at radius 2 is 2.08 bits per heavy atom. The maximum absolute atomic E-state index is 3.31. The summed E-state index contributed by atoms with van der Waals surface area (Å²) in [6, 6.07) is 7.48. The predicted octanol–water partition coefficient (Wildman–Crippen LogP) is 3.45. The summed E-state index contributed by atoms with van der Waals surface area (Å²) >= 11 is 0. The molecule has 0 amide bonds. The molecule has 0 bridgehead atoms. The molecule has 12 heavy (non-hydrogen) atoms. The fraction of sp³-hybridized carbons (Fsp3) is 0.500. The molecule has 0 unspecified atom stereocenters. The molecule has 0 nitrogen and oxygen atoms in total.